The Morgan fingerprint density at radius 2 is 1.43 bits per heavy atom. The Kier molecular flexibility index (Phi) is 5.24. The van der Waals surface area contributed by atoms with E-state index in [1.54, 1.807) is 0 Å². The molecule has 3 aromatic carbocycles. The summed E-state index contributed by atoms with van der Waals surface area (Å²) < 4.78 is 11.8. The van der Waals surface area contributed by atoms with Crippen molar-refractivity contribution < 1.29 is 14.3 Å². The zero-order valence-electron chi connectivity index (χ0n) is 16.8. The van der Waals surface area contributed by atoms with Crippen LogP contribution < -0.4 is 0 Å². The summed E-state index contributed by atoms with van der Waals surface area (Å²) >= 11 is 0. The summed E-state index contributed by atoms with van der Waals surface area (Å²) in [5.74, 6) is 0.349. The van der Waals surface area contributed by atoms with Crippen molar-refractivity contribution in [3.63, 3.8) is 0 Å². The van der Waals surface area contributed by atoms with E-state index in [1.165, 1.54) is 5.56 Å². The van der Waals surface area contributed by atoms with Gasteiger partial charge in [-0.3, -0.25) is 4.90 Å². The maximum Gasteiger partial charge on any atom is 0.411 e. The maximum absolute atomic E-state index is 12.9. The molecule has 0 N–H and O–H groups in total. The summed E-state index contributed by atoms with van der Waals surface area (Å²) in [6.45, 7) is 1.25. The maximum atomic E-state index is 12.9. The highest BCUT2D eigenvalue weighted by molar-refractivity contribution is 5.72. The lowest BCUT2D eigenvalue weighted by Crippen LogP contribution is -2.32. The van der Waals surface area contributed by atoms with Crippen LogP contribution in [0, 0.1) is 5.92 Å². The van der Waals surface area contributed by atoms with Crippen LogP contribution in [0.1, 0.15) is 35.3 Å². The first-order valence-electron chi connectivity index (χ1n) is 10.5. The lowest BCUT2D eigenvalue weighted by Gasteiger charge is -2.25. The van der Waals surface area contributed by atoms with E-state index in [4.69, 9.17) is 9.47 Å². The highest BCUT2D eigenvalue weighted by atomic mass is 16.6. The van der Waals surface area contributed by atoms with E-state index in [9.17, 15) is 4.79 Å². The third-order valence-electron chi connectivity index (χ3n) is 5.98. The van der Waals surface area contributed by atoms with Crippen molar-refractivity contribution in [2.45, 2.75) is 31.2 Å². The molecule has 1 aliphatic carbocycles. The number of carbonyl (C=O) groups is 1. The Morgan fingerprint density at radius 3 is 2.10 bits per heavy atom. The largest absolute Gasteiger partial charge is 0.439 e. The predicted octanol–water partition coefficient (Wildman–Crippen LogP) is 5.53. The second-order valence-electron chi connectivity index (χ2n) is 8.04. The number of rotatable bonds is 7. The Hall–Kier alpha value is -3.11. The summed E-state index contributed by atoms with van der Waals surface area (Å²) in [6, 6.07) is 30.5. The minimum Gasteiger partial charge on any atom is -0.439 e. The average molecular weight is 399 g/mol. The highest BCUT2D eigenvalue weighted by Gasteiger charge is 2.54. The molecule has 1 saturated carbocycles. The fourth-order valence-electron chi connectivity index (χ4n) is 4.37. The summed E-state index contributed by atoms with van der Waals surface area (Å²) in [5, 5.41) is 0. The van der Waals surface area contributed by atoms with Crippen LogP contribution in [-0.4, -0.2) is 23.6 Å². The highest BCUT2D eigenvalue weighted by Crippen LogP contribution is 2.50. The number of benzene rings is 3. The van der Waals surface area contributed by atoms with Gasteiger partial charge in [-0.1, -0.05) is 91.0 Å². The van der Waals surface area contributed by atoms with Gasteiger partial charge in [-0.15, -0.1) is 0 Å². The van der Waals surface area contributed by atoms with E-state index in [0.29, 0.717) is 19.1 Å². The summed E-state index contributed by atoms with van der Waals surface area (Å²) in [7, 11) is 0. The fourth-order valence-corrected chi connectivity index (χ4v) is 4.37. The topological polar surface area (TPSA) is 38.8 Å². The standard InChI is InChI=1S/C26H25NO3/c28-26-27(23-16-22(23)18-29-17-19-10-4-1-5-11-19)24(20-12-6-2-7-13-20)25(30-26)21-14-8-3-9-15-21/h1-15,22-25H,16-18H2/t22-,23-,24+,25-/m1/s1. The number of carbonyl (C=O) groups excluding carboxylic acids is 1. The number of hydrogen-bond acceptors (Lipinski definition) is 3. The Bertz CT molecular complexity index is 977. The van der Waals surface area contributed by atoms with Crippen molar-refractivity contribution in [2.75, 3.05) is 6.61 Å². The molecule has 0 radical (unpaired) electrons. The van der Waals surface area contributed by atoms with Gasteiger partial charge < -0.3 is 9.47 Å². The first kappa shape index (κ1) is 18.9. The number of amides is 1. The third kappa shape index (κ3) is 3.83. The molecule has 1 heterocycles. The second kappa shape index (κ2) is 8.33. The molecular weight excluding hydrogens is 374 g/mol. The lowest BCUT2D eigenvalue weighted by atomic mass is 9.95. The van der Waals surface area contributed by atoms with Gasteiger partial charge in [0.15, 0.2) is 6.10 Å². The van der Waals surface area contributed by atoms with E-state index >= 15 is 0 Å². The van der Waals surface area contributed by atoms with Crippen LogP contribution in [0.3, 0.4) is 0 Å². The molecule has 1 saturated heterocycles. The molecule has 0 unspecified atom stereocenters. The molecule has 2 fully saturated rings. The van der Waals surface area contributed by atoms with Crippen LogP contribution in [0.25, 0.3) is 0 Å². The minimum atomic E-state index is -0.299. The quantitative estimate of drug-likeness (QED) is 0.525. The molecule has 4 heteroatoms. The minimum absolute atomic E-state index is 0.120. The van der Waals surface area contributed by atoms with E-state index in [0.717, 1.165) is 17.5 Å². The third-order valence-corrected chi connectivity index (χ3v) is 5.98. The number of cyclic esters (lactones) is 1. The summed E-state index contributed by atoms with van der Waals surface area (Å²) in [4.78, 5) is 14.9. The first-order valence-corrected chi connectivity index (χ1v) is 10.5. The van der Waals surface area contributed by atoms with Crippen LogP contribution in [0.4, 0.5) is 4.79 Å². The van der Waals surface area contributed by atoms with Crippen molar-refractivity contribution in [1.82, 2.24) is 4.90 Å². The molecule has 1 amide bonds. The van der Waals surface area contributed by atoms with Gasteiger partial charge in [-0.2, -0.15) is 0 Å². The van der Waals surface area contributed by atoms with E-state index in [-0.39, 0.29) is 24.3 Å². The molecule has 1 aliphatic heterocycles. The first-order chi connectivity index (χ1) is 14.8. The molecule has 4 atom stereocenters. The monoisotopic (exact) mass is 399 g/mol. The number of hydrogen-bond donors (Lipinski definition) is 0. The van der Waals surface area contributed by atoms with Crippen LogP contribution in [0.15, 0.2) is 91.0 Å². The van der Waals surface area contributed by atoms with Crippen LogP contribution >= 0.6 is 0 Å². The number of nitrogens with zero attached hydrogens (tertiary/aromatic N) is 1. The molecule has 2 aliphatic rings. The van der Waals surface area contributed by atoms with E-state index in [2.05, 4.69) is 24.3 Å². The van der Waals surface area contributed by atoms with Gasteiger partial charge in [0.25, 0.3) is 0 Å². The van der Waals surface area contributed by atoms with Gasteiger partial charge in [0, 0.05) is 12.0 Å². The van der Waals surface area contributed by atoms with Crippen molar-refractivity contribution in [2.24, 2.45) is 5.92 Å². The number of ether oxygens (including phenoxy) is 2. The van der Waals surface area contributed by atoms with Gasteiger partial charge in [-0.05, 0) is 23.1 Å². The van der Waals surface area contributed by atoms with Crippen molar-refractivity contribution in [3.05, 3.63) is 108 Å². The SMILES string of the molecule is O=C1O[C@H](c2ccccc2)[C@H](c2ccccc2)N1[C@@H]1C[C@@H]1COCc1ccccc1. The van der Waals surface area contributed by atoms with Crippen LogP contribution in [0.2, 0.25) is 0 Å². The lowest BCUT2D eigenvalue weighted by molar-refractivity contribution is 0.102. The molecule has 4 nitrogen and oxygen atoms in total. The zero-order chi connectivity index (χ0) is 20.3. The molecule has 0 bridgehead atoms. The van der Waals surface area contributed by atoms with Crippen molar-refractivity contribution in [1.29, 1.82) is 0 Å². The van der Waals surface area contributed by atoms with Crippen molar-refractivity contribution in [3.8, 4) is 0 Å². The van der Waals surface area contributed by atoms with Gasteiger partial charge in [0.1, 0.15) is 6.04 Å². The average Bonchev–Trinajstić information content (AvgIpc) is 3.48. The van der Waals surface area contributed by atoms with E-state index < -0.39 is 0 Å². The molecule has 0 aromatic heterocycles. The molecule has 0 spiro atoms. The molecule has 3 aromatic rings. The fraction of sp³-hybridized carbons (Fsp3) is 0.269. The second-order valence-corrected chi connectivity index (χ2v) is 8.04. The molecule has 152 valence electrons. The predicted molar refractivity (Wildman–Crippen MR) is 115 cm³/mol. The molecule has 5 rings (SSSR count). The summed E-state index contributed by atoms with van der Waals surface area (Å²) in [6.07, 6.45) is 0.426. The van der Waals surface area contributed by atoms with Gasteiger partial charge >= 0.3 is 6.09 Å². The van der Waals surface area contributed by atoms with E-state index in [1.807, 2.05) is 71.6 Å². The smallest absolute Gasteiger partial charge is 0.411 e. The van der Waals surface area contributed by atoms with Gasteiger partial charge in [-0.25, -0.2) is 4.79 Å². The van der Waals surface area contributed by atoms with Crippen LogP contribution in [0.5, 0.6) is 0 Å². The van der Waals surface area contributed by atoms with Crippen molar-refractivity contribution >= 4 is 6.09 Å². The summed E-state index contributed by atoms with van der Waals surface area (Å²) in [5.41, 5.74) is 3.30. The molecule has 30 heavy (non-hydrogen) atoms. The Labute approximate surface area is 177 Å². The zero-order valence-corrected chi connectivity index (χ0v) is 16.8. The Morgan fingerprint density at radius 1 is 0.833 bits per heavy atom. The molecular formula is C26H25NO3. The van der Waals surface area contributed by atoms with Crippen LogP contribution in [-0.2, 0) is 16.1 Å². The van der Waals surface area contributed by atoms with Gasteiger partial charge in [0.2, 0.25) is 0 Å². The van der Waals surface area contributed by atoms with Gasteiger partial charge in [0.05, 0.1) is 13.2 Å². The normalized spacial score (nSPS) is 25.2. The Balaban J connectivity index is 1.31.